The quantitative estimate of drug-likeness (QED) is 0.0808. The van der Waals surface area contributed by atoms with Gasteiger partial charge in [0.05, 0.1) is 29.1 Å². The second-order valence-corrected chi connectivity index (χ2v) is 16.6. The number of hydrogen-bond acceptors (Lipinski definition) is 3. The van der Waals surface area contributed by atoms with E-state index in [1.165, 1.54) is 75.3 Å². The van der Waals surface area contributed by atoms with Gasteiger partial charge in [-0.3, -0.25) is 0 Å². The molecule has 260 valence electrons. The Balaban J connectivity index is 0.000000350. The summed E-state index contributed by atoms with van der Waals surface area (Å²) in [5.41, 5.74) is 13.1. The Labute approximate surface area is 311 Å². The standard InChI is InChI=1S/C30H43O2P.C12H10N.ClH.Pd/c1-22(2)31-27-19-13-20-28(32-23(3)4)30(27)26-18-11-12-21-29(26)33(24-14-7-5-8-15-24)25-16-9-6-10-17-25;13-12-9-5-4-8-11(12)10-6-2-1-3-7-10;;/h11-13,18-25H,5-10,14-17H2,1-4H3;1-6,8-9H,13H2;1H;/q;-1;;+2. The molecule has 48 heavy (non-hydrogen) atoms. The van der Waals surface area contributed by atoms with Crippen LogP contribution >= 0.6 is 7.92 Å². The van der Waals surface area contributed by atoms with Crippen molar-refractivity contribution >= 4 is 18.9 Å². The summed E-state index contributed by atoms with van der Waals surface area (Å²) in [6.07, 6.45) is 14.5. The first-order valence-corrected chi connectivity index (χ1v) is 19.3. The van der Waals surface area contributed by atoms with E-state index in [2.05, 4.69) is 76.2 Å². The van der Waals surface area contributed by atoms with Crippen molar-refractivity contribution in [2.45, 2.75) is 115 Å². The first-order valence-electron chi connectivity index (χ1n) is 17.7. The van der Waals surface area contributed by atoms with Gasteiger partial charge in [0.1, 0.15) is 16.8 Å². The minimum Gasteiger partial charge on any atom is -1.00 e. The number of anilines is 1. The molecule has 0 heterocycles. The molecule has 0 unspecified atom stereocenters. The number of nitrogens with two attached hydrogens (primary N) is 1. The normalized spacial score (nSPS) is 15.2. The van der Waals surface area contributed by atoms with Gasteiger partial charge in [0.15, 0.2) is 0 Å². The van der Waals surface area contributed by atoms with Crippen molar-refractivity contribution in [3.8, 4) is 33.8 Å². The Hall–Kier alpha value is -2.34. The predicted octanol–water partition coefficient (Wildman–Crippen LogP) is 8.17. The molecule has 2 saturated carbocycles. The molecule has 4 aromatic rings. The van der Waals surface area contributed by atoms with E-state index < -0.39 is 7.92 Å². The maximum Gasteiger partial charge on any atom is 2.00 e. The van der Waals surface area contributed by atoms with Gasteiger partial charge in [-0.05, 0) is 109 Å². The topological polar surface area (TPSA) is 44.5 Å². The number of ether oxygens (including phenoxy) is 2. The van der Waals surface area contributed by atoms with Crippen LogP contribution in [0.15, 0.2) is 91.0 Å². The summed E-state index contributed by atoms with van der Waals surface area (Å²) >= 11 is 0. The minimum atomic E-state index is -0.700. The van der Waals surface area contributed by atoms with Gasteiger partial charge >= 0.3 is 20.4 Å². The van der Waals surface area contributed by atoms with E-state index >= 15 is 0 Å². The number of halogens is 1. The molecule has 6 rings (SSSR count). The summed E-state index contributed by atoms with van der Waals surface area (Å²) in [4.78, 5) is 0. The van der Waals surface area contributed by atoms with Crippen LogP contribution in [0.3, 0.4) is 0 Å². The molecule has 0 atom stereocenters. The van der Waals surface area contributed by atoms with E-state index in [0.29, 0.717) is 0 Å². The van der Waals surface area contributed by atoms with Crippen molar-refractivity contribution < 1.29 is 42.3 Å². The predicted molar refractivity (Wildman–Crippen MR) is 200 cm³/mol. The fourth-order valence-corrected chi connectivity index (χ4v) is 11.8. The fourth-order valence-electron chi connectivity index (χ4n) is 7.34. The van der Waals surface area contributed by atoms with Gasteiger partial charge in [0.2, 0.25) is 0 Å². The molecular formula is C42H54ClNO2PPd+. The van der Waals surface area contributed by atoms with Gasteiger partial charge in [0.25, 0.3) is 0 Å². The molecule has 0 spiro atoms. The molecule has 0 saturated heterocycles. The van der Waals surface area contributed by atoms with E-state index in [4.69, 9.17) is 15.2 Å². The van der Waals surface area contributed by atoms with Crippen molar-refractivity contribution in [1.29, 1.82) is 0 Å². The van der Waals surface area contributed by atoms with Crippen molar-refractivity contribution in [2.24, 2.45) is 0 Å². The zero-order chi connectivity index (χ0) is 32.3. The van der Waals surface area contributed by atoms with Crippen LogP contribution in [0.25, 0.3) is 22.3 Å². The zero-order valence-corrected chi connectivity index (χ0v) is 32.4. The van der Waals surface area contributed by atoms with Crippen LogP contribution in [-0.2, 0) is 20.4 Å². The van der Waals surface area contributed by atoms with E-state index in [1.807, 2.05) is 48.5 Å². The molecule has 2 fully saturated rings. The zero-order valence-electron chi connectivity index (χ0n) is 29.1. The summed E-state index contributed by atoms with van der Waals surface area (Å²) in [5, 5.41) is 1.63. The van der Waals surface area contributed by atoms with Gasteiger partial charge in [-0.1, -0.05) is 60.9 Å². The van der Waals surface area contributed by atoms with Crippen LogP contribution in [0.1, 0.15) is 91.9 Å². The number of para-hydroxylation sites is 1. The Morgan fingerprint density at radius 1 is 0.625 bits per heavy atom. The Morgan fingerprint density at radius 3 is 1.62 bits per heavy atom. The Bertz CT molecular complexity index is 1460. The summed E-state index contributed by atoms with van der Waals surface area (Å²) in [6.45, 7) is 8.46. The van der Waals surface area contributed by atoms with Crippen molar-refractivity contribution in [3.63, 3.8) is 0 Å². The van der Waals surface area contributed by atoms with Gasteiger partial charge in [-0.15, -0.1) is 35.9 Å². The minimum absolute atomic E-state index is 0. The Morgan fingerprint density at radius 2 is 1.12 bits per heavy atom. The maximum absolute atomic E-state index is 6.38. The molecule has 2 N–H and O–H groups in total. The SMILES string of the molecule is CC(C)Oc1cccc(OC(C)C)c1-c1ccccc1[PH+](C1CCCCC1)C1CCCCC1.Nc1ccccc1-c1[c-]cccc1.[Cl-].[Pd+2]. The molecule has 2 aliphatic rings. The second-order valence-electron chi connectivity index (χ2n) is 13.5. The first-order chi connectivity index (χ1) is 22.4. The van der Waals surface area contributed by atoms with Crippen molar-refractivity contribution in [1.82, 2.24) is 0 Å². The van der Waals surface area contributed by atoms with Crippen LogP contribution in [0, 0.1) is 6.07 Å². The van der Waals surface area contributed by atoms with E-state index in [0.717, 1.165) is 39.6 Å². The summed E-state index contributed by atoms with van der Waals surface area (Å²) in [7, 11) is -0.700. The molecule has 4 aromatic carbocycles. The van der Waals surface area contributed by atoms with E-state index in [1.54, 1.807) is 5.30 Å². The van der Waals surface area contributed by atoms with Crippen molar-refractivity contribution in [3.05, 3.63) is 97.1 Å². The summed E-state index contributed by atoms with van der Waals surface area (Å²) < 4.78 is 12.8. The van der Waals surface area contributed by atoms with Crippen LogP contribution in [0.4, 0.5) is 5.69 Å². The Kier molecular flexibility index (Phi) is 17.0. The second kappa shape index (κ2) is 20.4. The van der Waals surface area contributed by atoms with Crippen LogP contribution < -0.4 is 32.9 Å². The first kappa shape index (κ1) is 40.1. The van der Waals surface area contributed by atoms with E-state index in [-0.39, 0.29) is 45.0 Å². The number of benzene rings is 4. The largest absolute Gasteiger partial charge is 2.00 e. The van der Waals surface area contributed by atoms with Gasteiger partial charge < -0.3 is 27.6 Å². The average Bonchev–Trinajstić information content (AvgIpc) is 3.07. The van der Waals surface area contributed by atoms with Crippen LogP contribution in [-0.4, -0.2) is 23.5 Å². The third kappa shape index (κ3) is 10.8. The van der Waals surface area contributed by atoms with Gasteiger partial charge in [-0.2, -0.15) is 0 Å². The van der Waals surface area contributed by atoms with Gasteiger partial charge in [0, 0.05) is 13.5 Å². The molecule has 0 radical (unpaired) electrons. The fraction of sp³-hybridized carbons (Fsp3) is 0.429. The average molecular weight is 778 g/mol. The summed E-state index contributed by atoms with van der Waals surface area (Å²) in [6, 6.07) is 34.4. The molecular weight excluding hydrogens is 723 g/mol. The molecule has 0 aromatic heterocycles. The molecule has 0 bridgehead atoms. The summed E-state index contributed by atoms with van der Waals surface area (Å²) in [5.74, 6) is 1.92. The number of rotatable bonds is 9. The maximum atomic E-state index is 6.38. The number of nitrogen functional groups attached to an aromatic ring is 1. The van der Waals surface area contributed by atoms with Crippen LogP contribution in [0.5, 0.6) is 11.5 Å². The monoisotopic (exact) mass is 776 g/mol. The van der Waals surface area contributed by atoms with Crippen molar-refractivity contribution in [2.75, 3.05) is 5.73 Å². The molecule has 0 amide bonds. The smallest absolute Gasteiger partial charge is 1.00 e. The van der Waals surface area contributed by atoms with Crippen LogP contribution in [0.2, 0.25) is 0 Å². The molecule has 2 aliphatic carbocycles. The molecule has 3 nitrogen and oxygen atoms in total. The number of hydrogen-bond donors (Lipinski definition) is 1. The van der Waals surface area contributed by atoms with Gasteiger partial charge in [-0.25, -0.2) is 0 Å². The van der Waals surface area contributed by atoms with E-state index in [9.17, 15) is 0 Å². The third-order valence-electron chi connectivity index (χ3n) is 9.27. The third-order valence-corrected chi connectivity index (χ3v) is 13.2. The molecule has 0 aliphatic heterocycles. The molecule has 6 heteroatoms.